The molecular weight excluding hydrogens is 280 g/mol. The van der Waals surface area contributed by atoms with E-state index >= 15 is 0 Å². The molecule has 1 amide bonds. The van der Waals surface area contributed by atoms with Crippen molar-refractivity contribution in [2.75, 3.05) is 18.5 Å². The quantitative estimate of drug-likeness (QED) is 0.911. The Balaban J connectivity index is 1.94. The maximum absolute atomic E-state index is 12.9. The average molecular weight is 298 g/mol. The van der Waals surface area contributed by atoms with Gasteiger partial charge in [-0.2, -0.15) is 0 Å². The first-order chi connectivity index (χ1) is 10.7. The Morgan fingerprint density at radius 3 is 2.50 bits per heavy atom. The van der Waals surface area contributed by atoms with E-state index in [1.807, 2.05) is 30.3 Å². The van der Waals surface area contributed by atoms with Crippen LogP contribution in [0.3, 0.4) is 0 Å². The molecule has 2 aromatic rings. The van der Waals surface area contributed by atoms with Crippen LogP contribution in [0, 0.1) is 0 Å². The van der Waals surface area contributed by atoms with Crippen molar-refractivity contribution in [1.82, 2.24) is 4.98 Å². The minimum absolute atomic E-state index is 0.154. The SMILES string of the molecule is O=C(Nc1ccc[nH]c1=O)C1(c2ccccc2)CCOCC1. The number of pyridine rings is 1. The van der Waals surface area contributed by atoms with E-state index in [4.69, 9.17) is 4.74 Å². The van der Waals surface area contributed by atoms with Gasteiger partial charge in [0.25, 0.3) is 5.56 Å². The number of anilines is 1. The van der Waals surface area contributed by atoms with E-state index in [0.29, 0.717) is 26.1 Å². The van der Waals surface area contributed by atoms with E-state index in [9.17, 15) is 9.59 Å². The fourth-order valence-electron chi connectivity index (χ4n) is 2.89. The molecule has 1 aromatic carbocycles. The van der Waals surface area contributed by atoms with Crippen molar-refractivity contribution in [2.45, 2.75) is 18.3 Å². The average Bonchev–Trinajstić information content (AvgIpc) is 2.58. The summed E-state index contributed by atoms with van der Waals surface area (Å²) in [5, 5.41) is 2.78. The molecule has 1 aromatic heterocycles. The van der Waals surface area contributed by atoms with Gasteiger partial charge in [-0.3, -0.25) is 9.59 Å². The molecular formula is C17H18N2O3. The summed E-state index contributed by atoms with van der Waals surface area (Å²) in [7, 11) is 0. The van der Waals surface area contributed by atoms with Gasteiger partial charge in [-0.05, 0) is 30.5 Å². The number of carbonyl (C=O) groups excluding carboxylic acids is 1. The monoisotopic (exact) mass is 298 g/mol. The van der Waals surface area contributed by atoms with Gasteiger partial charge in [0, 0.05) is 19.4 Å². The van der Waals surface area contributed by atoms with E-state index in [2.05, 4.69) is 10.3 Å². The van der Waals surface area contributed by atoms with Gasteiger partial charge in [0.1, 0.15) is 5.69 Å². The standard InChI is InChI=1S/C17H18N2O3/c20-15-14(7-4-10-18-15)19-16(21)17(8-11-22-12-9-17)13-5-2-1-3-6-13/h1-7,10H,8-9,11-12H2,(H,18,20)(H,19,21). The van der Waals surface area contributed by atoms with Gasteiger partial charge in [0.2, 0.25) is 5.91 Å². The second kappa shape index (κ2) is 6.15. The number of ether oxygens (including phenoxy) is 1. The zero-order valence-electron chi connectivity index (χ0n) is 12.2. The van der Waals surface area contributed by atoms with Gasteiger partial charge in [-0.1, -0.05) is 30.3 Å². The third-order valence-electron chi connectivity index (χ3n) is 4.17. The topological polar surface area (TPSA) is 71.2 Å². The smallest absolute Gasteiger partial charge is 0.271 e. The molecule has 5 nitrogen and oxygen atoms in total. The number of aromatic nitrogens is 1. The highest BCUT2D eigenvalue weighted by Crippen LogP contribution is 2.35. The van der Waals surface area contributed by atoms with Gasteiger partial charge in [0.05, 0.1) is 5.41 Å². The molecule has 0 aliphatic carbocycles. The van der Waals surface area contributed by atoms with Crippen molar-refractivity contribution in [3.05, 3.63) is 64.6 Å². The summed E-state index contributed by atoms with van der Waals surface area (Å²) in [5.74, 6) is -0.154. The first kappa shape index (κ1) is 14.5. The van der Waals surface area contributed by atoms with Crippen LogP contribution in [0.5, 0.6) is 0 Å². The molecule has 2 heterocycles. The second-order valence-corrected chi connectivity index (χ2v) is 5.43. The minimum Gasteiger partial charge on any atom is -0.381 e. The summed E-state index contributed by atoms with van der Waals surface area (Å²) < 4.78 is 5.42. The van der Waals surface area contributed by atoms with Crippen molar-refractivity contribution >= 4 is 11.6 Å². The predicted molar refractivity (Wildman–Crippen MR) is 83.9 cm³/mol. The van der Waals surface area contributed by atoms with E-state index in [1.165, 1.54) is 0 Å². The number of nitrogens with one attached hydrogen (secondary N) is 2. The molecule has 22 heavy (non-hydrogen) atoms. The molecule has 1 aliphatic rings. The molecule has 0 bridgehead atoms. The summed E-state index contributed by atoms with van der Waals surface area (Å²) >= 11 is 0. The fraction of sp³-hybridized carbons (Fsp3) is 0.294. The number of H-pyrrole nitrogens is 1. The van der Waals surface area contributed by atoms with Gasteiger partial charge >= 0.3 is 0 Å². The second-order valence-electron chi connectivity index (χ2n) is 5.43. The highest BCUT2D eigenvalue weighted by molar-refractivity contribution is 5.99. The largest absolute Gasteiger partial charge is 0.381 e. The number of amides is 1. The summed E-state index contributed by atoms with van der Waals surface area (Å²) in [6.45, 7) is 1.07. The number of benzene rings is 1. The molecule has 0 atom stereocenters. The zero-order valence-corrected chi connectivity index (χ0v) is 12.2. The third kappa shape index (κ3) is 2.67. The highest BCUT2D eigenvalue weighted by Gasteiger charge is 2.41. The molecule has 0 spiro atoms. The summed E-state index contributed by atoms with van der Waals surface area (Å²) in [6.07, 6.45) is 2.75. The van der Waals surface area contributed by atoms with Crippen molar-refractivity contribution in [1.29, 1.82) is 0 Å². The first-order valence-electron chi connectivity index (χ1n) is 7.35. The maximum Gasteiger partial charge on any atom is 0.271 e. The third-order valence-corrected chi connectivity index (χ3v) is 4.17. The Hall–Kier alpha value is -2.40. The predicted octanol–water partition coefficient (Wildman–Crippen LogP) is 2.06. The van der Waals surface area contributed by atoms with Crippen LogP contribution >= 0.6 is 0 Å². The molecule has 5 heteroatoms. The Labute approximate surface area is 128 Å². The van der Waals surface area contributed by atoms with Crippen molar-refractivity contribution in [3.8, 4) is 0 Å². The number of hydrogen-bond acceptors (Lipinski definition) is 3. The van der Waals surface area contributed by atoms with E-state index in [0.717, 1.165) is 5.56 Å². The lowest BCUT2D eigenvalue weighted by molar-refractivity contribution is -0.125. The summed E-state index contributed by atoms with van der Waals surface area (Å²) in [4.78, 5) is 27.3. The van der Waals surface area contributed by atoms with Crippen LogP contribution in [0.15, 0.2) is 53.5 Å². The van der Waals surface area contributed by atoms with Crippen LogP contribution in [0.1, 0.15) is 18.4 Å². The molecule has 0 unspecified atom stereocenters. The molecule has 0 saturated carbocycles. The molecule has 0 radical (unpaired) electrons. The molecule has 114 valence electrons. The van der Waals surface area contributed by atoms with Crippen molar-refractivity contribution in [2.24, 2.45) is 0 Å². The number of rotatable bonds is 3. The first-order valence-corrected chi connectivity index (χ1v) is 7.35. The number of carbonyl (C=O) groups is 1. The lowest BCUT2D eigenvalue weighted by atomic mass is 9.73. The highest BCUT2D eigenvalue weighted by atomic mass is 16.5. The Bertz CT molecular complexity index is 703. The molecule has 1 aliphatic heterocycles. The van der Waals surface area contributed by atoms with Crippen LogP contribution < -0.4 is 10.9 Å². The van der Waals surface area contributed by atoms with Gasteiger partial charge in [-0.15, -0.1) is 0 Å². The summed E-state index contributed by atoms with van der Waals surface area (Å²) in [5.41, 5.74) is 0.283. The molecule has 2 N–H and O–H groups in total. The molecule has 3 rings (SSSR count). The van der Waals surface area contributed by atoms with Crippen LogP contribution in [-0.4, -0.2) is 24.1 Å². The minimum atomic E-state index is -0.651. The van der Waals surface area contributed by atoms with Gasteiger partial charge < -0.3 is 15.0 Å². The van der Waals surface area contributed by atoms with Gasteiger partial charge in [0.15, 0.2) is 0 Å². The van der Waals surface area contributed by atoms with Crippen LogP contribution in [0.2, 0.25) is 0 Å². The van der Waals surface area contributed by atoms with Gasteiger partial charge in [-0.25, -0.2) is 0 Å². The molecule has 1 fully saturated rings. The fourth-order valence-corrected chi connectivity index (χ4v) is 2.89. The van der Waals surface area contributed by atoms with Crippen LogP contribution in [0.25, 0.3) is 0 Å². The van der Waals surface area contributed by atoms with Crippen LogP contribution in [0.4, 0.5) is 5.69 Å². The Morgan fingerprint density at radius 1 is 1.09 bits per heavy atom. The van der Waals surface area contributed by atoms with Crippen molar-refractivity contribution in [3.63, 3.8) is 0 Å². The normalized spacial score (nSPS) is 16.9. The molecule has 1 saturated heterocycles. The van der Waals surface area contributed by atoms with E-state index in [-0.39, 0.29) is 17.2 Å². The van der Waals surface area contributed by atoms with E-state index in [1.54, 1.807) is 18.3 Å². The summed E-state index contributed by atoms with van der Waals surface area (Å²) in [6, 6.07) is 13.0. The van der Waals surface area contributed by atoms with E-state index < -0.39 is 5.41 Å². The number of hydrogen-bond donors (Lipinski definition) is 2. The number of aromatic amines is 1. The maximum atomic E-state index is 12.9. The Kier molecular flexibility index (Phi) is 4.06. The Morgan fingerprint density at radius 2 is 1.82 bits per heavy atom. The van der Waals surface area contributed by atoms with Crippen molar-refractivity contribution < 1.29 is 9.53 Å². The van der Waals surface area contributed by atoms with Crippen LogP contribution in [-0.2, 0) is 14.9 Å². The zero-order chi connectivity index (χ0) is 15.4. The lowest BCUT2D eigenvalue weighted by Crippen LogP contribution is -2.45. The lowest BCUT2D eigenvalue weighted by Gasteiger charge is -2.36.